The molecule has 364 valence electrons. The molecule has 0 unspecified atom stereocenters. The van der Waals surface area contributed by atoms with Crippen LogP contribution in [0.1, 0.15) is 97.2 Å². The van der Waals surface area contributed by atoms with E-state index in [0.717, 1.165) is 62.0 Å². The van der Waals surface area contributed by atoms with Crippen LogP contribution < -0.4 is 23.8 Å². The van der Waals surface area contributed by atoms with Gasteiger partial charge in [0.25, 0.3) is 0 Å². The normalized spacial score (nSPS) is 12.4. The third-order valence-electron chi connectivity index (χ3n) is 13.7. The van der Waals surface area contributed by atoms with Gasteiger partial charge in [0.05, 0.1) is 14.2 Å². The highest BCUT2D eigenvalue weighted by atomic mass is 16.5. The van der Waals surface area contributed by atoms with E-state index in [9.17, 15) is 9.59 Å². The van der Waals surface area contributed by atoms with Crippen LogP contribution in [0.15, 0.2) is 176 Å². The lowest BCUT2D eigenvalue weighted by Crippen LogP contribution is -2.19. The number of rotatable bonds is 12. The van der Waals surface area contributed by atoms with Crippen LogP contribution >= 0.6 is 0 Å². The fourth-order valence-corrected chi connectivity index (χ4v) is 9.57. The average Bonchev–Trinajstić information content (AvgIpc) is 3.60. The molecule has 0 aromatic heterocycles. The first-order chi connectivity index (χ1) is 34.5. The second-order valence-corrected chi connectivity index (χ2v) is 19.5. The fourth-order valence-electron chi connectivity index (χ4n) is 9.57. The molecule has 0 saturated heterocycles. The lowest BCUT2D eigenvalue weighted by molar-refractivity contribution is -0.132. The highest BCUT2D eigenvalue weighted by Crippen LogP contribution is 2.50. The minimum atomic E-state index is -0.341. The number of ether oxygens (including phenoxy) is 4. The van der Waals surface area contributed by atoms with Crippen molar-refractivity contribution in [2.75, 3.05) is 19.1 Å². The van der Waals surface area contributed by atoms with Crippen molar-refractivity contribution in [1.82, 2.24) is 0 Å². The van der Waals surface area contributed by atoms with Gasteiger partial charge in [-0.15, -0.1) is 0 Å². The summed E-state index contributed by atoms with van der Waals surface area (Å²) in [6, 6.07) is 61.0. The van der Waals surface area contributed by atoms with Crippen molar-refractivity contribution in [3.05, 3.63) is 232 Å². The van der Waals surface area contributed by atoms with E-state index in [-0.39, 0.29) is 22.8 Å². The van der Waals surface area contributed by atoms with Gasteiger partial charge in [0, 0.05) is 41.7 Å². The molecule has 1 aliphatic rings. The molecule has 0 radical (unpaired) electrons. The summed E-state index contributed by atoms with van der Waals surface area (Å²) in [7, 11) is 3.35. The highest BCUT2D eigenvalue weighted by molar-refractivity contribution is 5.92. The third kappa shape index (κ3) is 10.8. The molecule has 0 amide bonds. The third-order valence-corrected chi connectivity index (χ3v) is 13.7. The minimum Gasteiger partial charge on any atom is -0.497 e. The van der Waals surface area contributed by atoms with Crippen molar-refractivity contribution < 1.29 is 28.5 Å². The number of benzene rings is 8. The van der Waals surface area contributed by atoms with Gasteiger partial charge in [-0.2, -0.15) is 0 Å². The van der Waals surface area contributed by atoms with Crippen molar-refractivity contribution in [2.45, 2.75) is 73.1 Å². The van der Waals surface area contributed by atoms with Crippen molar-refractivity contribution in [3.63, 3.8) is 0 Å². The summed E-state index contributed by atoms with van der Waals surface area (Å²) in [5.74, 6) is 2.18. The second kappa shape index (κ2) is 21.1. The molecule has 0 saturated carbocycles. The summed E-state index contributed by atoms with van der Waals surface area (Å²) >= 11 is 0. The highest BCUT2D eigenvalue weighted by Gasteiger charge is 2.36. The number of nitrogens with zero attached hydrogens (tertiary/aromatic N) is 1. The number of fused-ring (bicyclic) bond motifs is 3. The van der Waals surface area contributed by atoms with Gasteiger partial charge >= 0.3 is 11.9 Å². The van der Waals surface area contributed by atoms with Crippen LogP contribution in [0, 0.1) is 20.8 Å². The quantitative estimate of drug-likeness (QED) is 0.0686. The van der Waals surface area contributed by atoms with Crippen LogP contribution in [-0.2, 0) is 20.4 Å². The molecule has 0 spiro atoms. The van der Waals surface area contributed by atoms with Crippen LogP contribution in [0.5, 0.6) is 23.0 Å². The Morgan fingerprint density at radius 3 is 1.57 bits per heavy atom. The Morgan fingerprint density at radius 1 is 0.514 bits per heavy atom. The first kappa shape index (κ1) is 50.2. The minimum absolute atomic E-state index is 0.0935. The maximum atomic E-state index is 11.5. The summed E-state index contributed by atoms with van der Waals surface area (Å²) < 4.78 is 21.3. The molecular formula is C65H63NO6. The number of methoxy groups -OCH3 is 2. The van der Waals surface area contributed by atoms with Crippen molar-refractivity contribution in [3.8, 4) is 34.1 Å². The number of esters is 2. The summed E-state index contributed by atoms with van der Waals surface area (Å²) in [5.41, 5.74) is 18.2. The zero-order valence-corrected chi connectivity index (χ0v) is 43.2. The number of anilines is 3. The first-order valence-corrected chi connectivity index (χ1v) is 24.3. The van der Waals surface area contributed by atoms with E-state index in [2.05, 4.69) is 167 Å². The maximum Gasteiger partial charge on any atom is 0.308 e. The summed E-state index contributed by atoms with van der Waals surface area (Å²) in [6.45, 7) is 18.0. The van der Waals surface area contributed by atoms with E-state index in [1.54, 1.807) is 14.2 Å². The smallest absolute Gasteiger partial charge is 0.308 e. The van der Waals surface area contributed by atoms with E-state index in [1.807, 2.05) is 68.4 Å². The van der Waals surface area contributed by atoms with Gasteiger partial charge in [0.2, 0.25) is 0 Å². The van der Waals surface area contributed by atoms with Crippen molar-refractivity contribution in [1.29, 1.82) is 0 Å². The SMILES string of the molecule is COc1ccc(/C(=C\c2ccc(N(c3ccc(C)cc3)c3ccc4c(c3)C(C)(C)c3ccccc3-4)cc2)c2ccc(OC(C)=O)cc2)cc1.COc1ccc(C(C)(C)c2ccc(OC(C)=O)c(C)c2)cc1C. The lowest BCUT2D eigenvalue weighted by atomic mass is 9.77. The standard InChI is InChI=1S/C45H39NO3.C20H24O3/c1-30-10-18-35(19-11-30)46(37-22-27-41-40-8-6-7-9-43(40)45(3,4)44(41)29-37)36-20-12-32(13-21-36)28-42(33-14-23-38(48-5)24-15-33)34-16-25-39(26-17-34)49-31(2)47;1-13-11-16(7-9-18(13)22-6)20(4,5)17-8-10-19(14(2)12-17)23-15(3)21/h6-29H,1-5H3;7-12H,1-6H3/b42-28+;. The molecule has 72 heavy (non-hydrogen) atoms. The zero-order chi connectivity index (χ0) is 51.3. The zero-order valence-electron chi connectivity index (χ0n) is 43.2. The predicted molar refractivity (Wildman–Crippen MR) is 293 cm³/mol. The van der Waals surface area contributed by atoms with Crippen molar-refractivity contribution >= 4 is 40.6 Å². The van der Waals surface area contributed by atoms with Crippen LogP contribution in [0.2, 0.25) is 0 Å². The van der Waals surface area contributed by atoms with Crippen LogP contribution in [-0.4, -0.2) is 26.2 Å². The molecule has 8 aromatic carbocycles. The predicted octanol–water partition coefficient (Wildman–Crippen LogP) is 15.9. The molecule has 0 heterocycles. The summed E-state index contributed by atoms with van der Waals surface area (Å²) in [5, 5.41) is 0. The Morgan fingerprint density at radius 2 is 1.03 bits per heavy atom. The molecule has 7 heteroatoms. The average molecular weight is 954 g/mol. The Hall–Kier alpha value is -8.16. The Balaban J connectivity index is 0.000000253. The van der Waals surface area contributed by atoms with E-state index >= 15 is 0 Å². The van der Waals surface area contributed by atoms with E-state index in [0.29, 0.717) is 11.5 Å². The van der Waals surface area contributed by atoms with Crippen molar-refractivity contribution in [2.24, 2.45) is 0 Å². The Kier molecular flexibility index (Phi) is 14.7. The van der Waals surface area contributed by atoms with Crippen LogP contribution in [0.25, 0.3) is 22.8 Å². The van der Waals surface area contributed by atoms with Crippen LogP contribution in [0.3, 0.4) is 0 Å². The first-order valence-electron chi connectivity index (χ1n) is 24.3. The second-order valence-electron chi connectivity index (χ2n) is 19.5. The topological polar surface area (TPSA) is 74.3 Å². The van der Waals surface area contributed by atoms with E-state index < -0.39 is 0 Å². The molecule has 0 atom stereocenters. The molecule has 0 aliphatic heterocycles. The van der Waals surface area contributed by atoms with E-state index in [4.69, 9.17) is 18.9 Å². The number of carbonyl (C=O) groups is 2. The summed E-state index contributed by atoms with van der Waals surface area (Å²) in [4.78, 5) is 25.0. The van der Waals surface area contributed by atoms with Gasteiger partial charge in [0.15, 0.2) is 0 Å². The maximum absolute atomic E-state index is 11.5. The molecule has 0 fully saturated rings. The number of carbonyl (C=O) groups excluding carboxylic acids is 2. The van der Waals surface area contributed by atoms with E-state index in [1.165, 1.54) is 52.8 Å². The Labute approximate surface area is 425 Å². The van der Waals surface area contributed by atoms with Gasteiger partial charge in [-0.05, 0) is 166 Å². The van der Waals surface area contributed by atoms with Gasteiger partial charge in [-0.3, -0.25) is 9.59 Å². The number of hydrogen-bond acceptors (Lipinski definition) is 7. The number of aryl methyl sites for hydroxylation is 3. The molecular weight excluding hydrogens is 891 g/mol. The summed E-state index contributed by atoms with van der Waals surface area (Å²) in [6.07, 6.45) is 2.19. The van der Waals surface area contributed by atoms with Gasteiger partial charge < -0.3 is 23.8 Å². The Bertz CT molecular complexity index is 3270. The molecule has 8 aromatic rings. The largest absolute Gasteiger partial charge is 0.497 e. The molecule has 7 nitrogen and oxygen atoms in total. The molecule has 9 rings (SSSR count). The van der Waals surface area contributed by atoms with Gasteiger partial charge in [0.1, 0.15) is 23.0 Å². The molecule has 0 N–H and O–H groups in total. The lowest BCUT2D eigenvalue weighted by Gasteiger charge is -2.28. The fraction of sp³-hybridized carbons (Fsp3) is 0.200. The number of hydrogen-bond donors (Lipinski definition) is 0. The monoisotopic (exact) mass is 953 g/mol. The molecule has 0 bridgehead atoms. The van der Waals surface area contributed by atoms with Crippen LogP contribution in [0.4, 0.5) is 17.1 Å². The van der Waals surface area contributed by atoms with Gasteiger partial charge in [-0.25, -0.2) is 0 Å². The molecule has 1 aliphatic carbocycles. The van der Waals surface area contributed by atoms with Gasteiger partial charge in [-0.1, -0.05) is 136 Å².